The molecule has 0 spiro atoms. The van der Waals surface area contributed by atoms with Crippen LogP contribution in [-0.4, -0.2) is 28.2 Å². The highest BCUT2D eigenvalue weighted by molar-refractivity contribution is 7.89. The quantitative estimate of drug-likeness (QED) is 0.818. The number of ether oxygens (including phenoxy) is 2. The number of rotatable bonds is 6. The zero-order valence-corrected chi connectivity index (χ0v) is 14.0. The Labute approximate surface area is 142 Å². The minimum absolute atomic E-state index is 0.179. The van der Waals surface area contributed by atoms with E-state index in [9.17, 15) is 8.42 Å². The summed E-state index contributed by atoms with van der Waals surface area (Å²) in [5.41, 5.74) is 1.09. The summed E-state index contributed by atoms with van der Waals surface area (Å²) in [6.45, 7) is 1.24. The first kappa shape index (κ1) is 16.5. The Balaban J connectivity index is 1.57. The van der Waals surface area contributed by atoms with Crippen molar-refractivity contribution in [3.8, 4) is 11.5 Å². The summed E-state index contributed by atoms with van der Waals surface area (Å²) in [6, 6.07) is 14.5. The van der Waals surface area contributed by atoms with Gasteiger partial charge in [-0.05, 0) is 24.1 Å². The normalized spacial score (nSPS) is 14.0. The van der Waals surface area contributed by atoms with Crippen molar-refractivity contribution in [2.75, 3.05) is 19.8 Å². The lowest BCUT2D eigenvalue weighted by molar-refractivity contribution is 0.171. The summed E-state index contributed by atoms with van der Waals surface area (Å²) >= 11 is 0. The van der Waals surface area contributed by atoms with E-state index in [1.54, 1.807) is 6.07 Å². The van der Waals surface area contributed by atoms with Crippen molar-refractivity contribution in [1.29, 1.82) is 0 Å². The summed E-state index contributed by atoms with van der Waals surface area (Å²) in [6.07, 6.45) is 4.53. The van der Waals surface area contributed by atoms with Gasteiger partial charge in [0.15, 0.2) is 11.5 Å². The smallest absolute Gasteiger partial charge is 0.240 e. The first-order valence-corrected chi connectivity index (χ1v) is 9.24. The topological polar surface area (TPSA) is 64.6 Å². The molecule has 0 atom stereocenters. The fraction of sp³-hybridized carbons (Fsp3) is 0.222. The molecular formula is C18H19NO4S. The van der Waals surface area contributed by atoms with Crippen molar-refractivity contribution in [2.24, 2.45) is 0 Å². The van der Waals surface area contributed by atoms with Crippen molar-refractivity contribution in [1.82, 2.24) is 4.72 Å². The molecule has 6 heteroatoms. The molecule has 24 heavy (non-hydrogen) atoms. The van der Waals surface area contributed by atoms with Crippen molar-refractivity contribution in [3.63, 3.8) is 0 Å². The number of sulfonamides is 1. The Bertz CT molecular complexity index is 816. The third-order valence-electron chi connectivity index (χ3n) is 3.54. The van der Waals surface area contributed by atoms with Crippen LogP contribution >= 0.6 is 0 Å². The highest BCUT2D eigenvalue weighted by Gasteiger charge is 2.18. The Hall–Kier alpha value is -2.31. The number of fused-ring (bicyclic) bond motifs is 1. The molecule has 1 heterocycles. The number of hydrogen-bond acceptors (Lipinski definition) is 4. The maximum atomic E-state index is 12.3. The minimum atomic E-state index is -3.56. The van der Waals surface area contributed by atoms with Gasteiger partial charge in [-0.1, -0.05) is 42.5 Å². The number of benzene rings is 2. The van der Waals surface area contributed by atoms with Crippen LogP contribution < -0.4 is 14.2 Å². The van der Waals surface area contributed by atoms with Crippen LogP contribution in [-0.2, 0) is 10.0 Å². The zero-order valence-electron chi connectivity index (χ0n) is 13.1. The van der Waals surface area contributed by atoms with E-state index in [1.165, 1.54) is 12.1 Å². The van der Waals surface area contributed by atoms with Gasteiger partial charge in [-0.25, -0.2) is 13.1 Å². The fourth-order valence-corrected chi connectivity index (χ4v) is 3.40. The molecule has 5 nitrogen and oxygen atoms in total. The van der Waals surface area contributed by atoms with Gasteiger partial charge >= 0.3 is 0 Å². The van der Waals surface area contributed by atoms with Crippen LogP contribution in [0.5, 0.6) is 11.5 Å². The highest BCUT2D eigenvalue weighted by Crippen LogP contribution is 2.32. The van der Waals surface area contributed by atoms with E-state index in [4.69, 9.17) is 9.47 Å². The zero-order chi connectivity index (χ0) is 16.8. The van der Waals surface area contributed by atoms with E-state index in [-0.39, 0.29) is 4.90 Å². The van der Waals surface area contributed by atoms with Crippen molar-refractivity contribution < 1.29 is 17.9 Å². The van der Waals surface area contributed by atoms with E-state index in [0.717, 1.165) is 5.56 Å². The van der Waals surface area contributed by atoms with Crippen LogP contribution in [0.3, 0.4) is 0 Å². The molecule has 1 aliphatic heterocycles. The second-order valence-corrected chi connectivity index (χ2v) is 7.07. The van der Waals surface area contributed by atoms with Gasteiger partial charge in [0.05, 0.1) is 4.90 Å². The Morgan fingerprint density at radius 1 is 1.00 bits per heavy atom. The molecular weight excluding hydrogens is 326 g/mol. The lowest BCUT2D eigenvalue weighted by Gasteiger charge is -2.18. The van der Waals surface area contributed by atoms with Crippen molar-refractivity contribution in [2.45, 2.75) is 11.3 Å². The Morgan fingerprint density at radius 3 is 2.54 bits per heavy atom. The van der Waals surface area contributed by atoms with Crippen LogP contribution in [0.4, 0.5) is 0 Å². The lowest BCUT2D eigenvalue weighted by atomic mass is 10.2. The third-order valence-corrected chi connectivity index (χ3v) is 5.00. The van der Waals surface area contributed by atoms with Gasteiger partial charge in [-0.3, -0.25) is 0 Å². The minimum Gasteiger partial charge on any atom is -0.486 e. The predicted octanol–water partition coefficient (Wildman–Crippen LogP) is 2.84. The van der Waals surface area contributed by atoms with Gasteiger partial charge in [0.25, 0.3) is 0 Å². The highest BCUT2D eigenvalue weighted by atomic mass is 32.2. The van der Waals surface area contributed by atoms with Gasteiger partial charge in [0.2, 0.25) is 10.0 Å². The molecule has 0 aliphatic carbocycles. The number of hydrogen-bond donors (Lipinski definition) is 1. The Kier molecular flexibility index (Phi) is 5.17. The SMILES string of the molecule is O=S(=O)(NCC/C=C/c1ccccc1)c1ccc2c(c1)OCCO2. The number of nitrogens with one attached hydrogen (secondary N) is 1. The molecule has 1 aliphatic rings. The third kappa shape index (κ3) is 4.15. The summed E-state index contributed by atoms with van der Waals surface area (Å²) in [5.74, 6) is 1.04. The van der Waals surface area contributed by atoms with Crippen molar-refractivity contribution >= 4 is 16.1 Å². The van der Waals surface area contributed by atoms with Crippen LogP contribution in [0, 0.1) is 0 Å². The van der Waals surface area contributed by atoms with Gasteiger partial charge in [-0.15, -0.1) is 0 Å². The first-order chi connectivity index (χ1) is 11.6. The second kappa shape index (κ2) is 7.51. The molecule has 0 amide bonds. The molecule has 3 rings (SSSR count). The first-order valence-electron chi connectivity index (χ1n) is 7.76. The van der Waals surface area contributed by atoms with Crippen LogP contribution in [0.25, 0.3) is 6.08 Å². The van der Waals surface area contributed by atoms with Crippen LogP contribution in [0.1, 0.15) is 12.0 Å². The van der Waals surface area contributed by atoms with E-state index in [1.807, 2.05) is 42.5 Å². The van der Waals surface area contributed by atoms with Crippen molar-refractivity contribution in [3.05, 3.63) is 60.2 Å². The molecule has 126 valence electrons. The molecule has 2 aromatic rings. The molecule has 1 N–H and O–H groups in total. The van der Waals surface area contributed by atoms with Gasteiger partial charge in [-0.2, -0.15) is 0 Å². The average molecular weight is 345 g/mol. The van der Waals surface area contributed by atoms with Gasteiger partial charge < -0.3 is 9.47 Å². The van der Waals surface area contributed by atoms with E-state index >= 15 is 0 Å². The maximum Gasteiger partial charge on any atom is 0.240 e. The molecule has 0 fully saturated rings. The summed E-state index contributed by atoms with van der Waals surface area (Å²) in [4.78, 5) is 0.179. The standard InChI is InChI=1S/C18H19NO4S/c20-24(21,16-9-10-17-18(14-16)23-13-12-22-17)19-11-5-4-8-15-6-2-1-3-7-15/h1-4,6-10,14,19H,5,11-13H2/b8-4+. The molecule has 0 saturated heterocycles. The molecule has 0 bridgehead atoms. The molecule has 0 radical (unpaired) electrons. The van der Waals surface area contributed by atoms with E-state index in [2.05, 4.69) is 4.72 Å². The fourth-order valence-electron chi connectivity index (χ4n) is 2.33. The van der Waals surface area contributed by atoms with E-state index in [0.29, 0.717) is 37.7 Å². The van der Waals surface area contributed by atoms with Gasteiger partial charge in [0.1, 0.15) is 13.2 Å². The summed E-state index contributed by atoms with van der Waals surface area (Å²) in [5, 5.41) is 0. The van der Waals surface area contributed by atoms with Crippen LogP contribution in [0.2, 0.25) is 0 Å². The monoisotopic (exact) mass is 345 g/mol. The molecule has 0 saturated carbocycles. The predicted molar refractivity (Wildman–Crippen MR) is 92.7 cm³/mol. The Morgan fingerprint density at radius 2 is 1.75 bits per heavy atom. The largest absolute Gasteiger partial charge is 0.486 e. The summed E-state index contributed by atoms with van der Waals surface area (Å²) < 4.78 is 38.1. The molecule has 0 aromatic heterocycles. The molecule has 2 aromatic carbocycles. The van der Waals surface area contributed by atoms with E-state index < -0.39 is 10.0 Å². The van der Waals surface area contributed by atoms with Crippen LogP contribution in [0.15, 0.2) is 59.5 Å². The van der Waals surface area contributed by atoms with Gasteiger partial charge in [0, 0.05) is 12.6 Å². The average Bonchev–Trinajstić information content (AvgIpc) is 2.62. The maximum absolute atomic E-state index is 12.3. The summed E-state index contributed by atoms with van der Waals surface area (Å²) in [7, 11) is -3.56. The second-order valence-electron chi connectivity index (χ2n) is 5.30. The molecule has 0 unspecified atom stereocenters. The lowest BCUT2D eigenvalue weighted by Crippen LogP contribution is -2.25.